The molecule has 0 amide bonds. The van der Waals surface area contributed by atoms with Gasteiger partial charge >= 0.3 is 0 Å². The molecule has 0 aliphatic heterocycles. The number of nitro benzene ring substituents is 1. The maximum absolute atomic E-state index is 11.0. The Bertz CT molecular complexity index is 864. The van der Waals surface area contributed by atoms with Crippen molar-refractivity contribution in [1.82, 2.24) is 4.98 Å². The van der Waals surface area contributed by atoms with E-state index in [9.17, 15) is 10.1 Å². The summed E-state index contributed by atoms with van der Waals surface area (Å²) in [5.41, 5.74) is 6.69. The van der Waals surface area contributed by atoms with Crippen LogP contribution >= 0.6 is 0 Å². The molecule has 3 rings (SSSR count). The smallest absolute Gasteiger partial charge is 0.276 e. The molecule has 3 aromatic rings. The summed E-state index contributed by atoms with van der Waals surface area (Å²) >= 11 is 0. The van der Waals surface area contributed by atoms with Gasteiger partial charge in [-0.3, -0.25) is 10.1 Å². The molecule has 0 aliphatic carbocycles. The molecular weight excluding hydrogens is 322 g/mol. The molecule has 0 unspecified atom stereocenters. The van der Waals surface area contributed by atoms with E-state index in [2.05, 4.69) is 4.98 Å². The van der Waals surface area contributed by atoms with Crippen molar-refractivity contribution >= 4 is 11.4 Å². The third-order valence-electron chi connectivity index (χ3n) is 3.39. The molecule has 1 aromatic heterocycles. The molecule has 7 nitrogen and oxygen atoms in total. The standard InChI is InChI=1S/C18H15N3O4/c19-14-5-10-18(20-11-14)25-16-8-6-15(7-9-16)24-12-13-3-1-2-4-17(13)21(22)23/h1-11H,12,19H2. The molecule has 7 heteroatoms. The van der Waals surface area contributed by atoms with E-state index in [0.29, 0.717) is 28.6 Å². The van der Waals surface area contributed by atoms with Crippen LogP contribution in [0.4, 0.5) is 11.4 Å². The summed E-state index contributed by atoms with van der Waals surface area (Å²) in [6.07, 6.45) is 1.51. The SMILES string of the molecule is Nc1ccc(Oc2ccc(OCc3ccccc3[N+](=O)[O-])cc2)nc1. The molecule has 2 N–H and O–H groups in total. The van der Waals surface area contributed by atoms with Crippen LogP contribution in [-0.2, 0) is 6.61 Å². The van der Waals surface area contributed by atoms with Gasteiger partial charge < -0.3 is 15.2 Å². The van der Waals surface area contributed by atoms with Crippen molar-refractivity contribution in [1.29, 1.82) is 0 Å². The lowest BCUT2D eigenvalue weighted by Gasteiger charge is -2.08. The van der Waals surface area contributed by atoms with Gasteiger partial charge in [0.05, 0.1) is 22.4 Å². The second-order valence-electron chi connectivity index (χ2n) is 5.18. The highest BCUT2D eigenvalue weighted by Crippen LogP contribution is 2.24. The number of nitrogens with two attached hydrogens (primary N) is 1. The van der Waals surface area contributed by atoms with E-state index in [1.807, 2.05) is 0 Å². The molecular formula is C18H15N3O4. The third-order valence-corrected chi connectivity index (χ3v) is 3.39. The lowest BCUT2D eigenvalue weighted by Crippen LogP contribution is -2.00. The van der Waals surface area contributed by atoms with Crippen molar-refractivity contribution in [3.63, 3.8) is 0 Å². The molecule has 126 valence electrons. The summed E-state index contributed by atoms with van der Waals surface area (Å²) in [5, 5.41) is 11.0. The summed E-state index contributed by atoms with van der Waals surface area (Å²) in [6.45, 7) is 0.108. The number of pyridine rings is 1. The molecule has 0 atom stereocenters. The van der Waals surface area contributed by atoms with Gasteiger partial charge in [-0.25, -0.2) is 4.98 Å². The van der Waals surface area contributed by atoms with Gasteiger partial charge in [0.1, 0.15) is 18.1 Å². The summed E-state index contributed by atoms with van der Waals surface area (Å²) in [7, 11) is 0. The van der Waals surface area contributed by atoms with Crippen molar-refractivity contribution in [2.75, 3.05) is 5.73 Å². The highest BCUT2D eigenvalue weighted by molar-refractivity contribution is 5.40. The molecule has 0 spiro atoms. The van der Waals surface area contributed by atoms with Crippen LogP contribution in [0.2, 0.25) is 0 Å². The number of nitrogen functional groups attached to an aromatic ring is 1. The van der Waals surface area contributed by atoms with Gasteiger partial charge in [-0.15, -0.1) is 0 Å². The van der Waals surface area contributed by atoms with Crippen LogP contribution in [0.5, 0.6) is 17.4 Å². The number of anilines is 1. The Balaban J connectivity index is 1.63. The van der Waals surface area contributed by atoms with Crippen LogP contribution in [0, 0.1) is 10.1 Å². The molecule has 0 bridgehead atoms. The van der Waals surface area contributed by atoms with Crippen molar-refractivity contribution in [2.45, 2.75) is 6.61 Å². The monoisotopic (exact) mass is 337 g/mol. The number of aromatic nitrogens is 1. The second-order valence-corrected chi connectivity index (χ2v) is 5.18. The average Bonchev–Trinajstić information content (AvgIpc) is 2.63. The van der Waals surface area contributed by atoms with E-state index in [-0.39, 0.29) is 12.3 Å². The van der Waals surface area contributed by atoms with E-state index in [1.165, 1.54) is 12.3 Å². The Morgan fingerprint density at radius 3 is 2.40 bits per heavy atom. The van der Waals surface area contributed by atoms with Crippen LogP contribution in [0.1, 0.15) is 5.56 Å². The molecule has 0 saturated heterocycles. The summed E-state index contributed by atoms with van der Waals surface area (Å²) in [6, 6.07) is 16.8. The number of benzene rings is 2. The van der Waals surface area contributed by atoms with E-state index in [1.54, 1.807) is 54.6 Å². The van der Waals surface area contributed by atoms with Crippen molar-refractivity contribution in [2.24, 2.45) is 0 Å². The molecule has 1 heterocycles. The van der Waals surface area contributed by atoms with Gasteiger partial charge in [0, 0.05) is 12.1 Å². The van der Waals surface area contributed by atoms with Crippen molar-refractivity contribution in [3.8, 4) is 17.4 Å². The normalized spacial score (nSPS) is 10.2. The number of para-hydroxylation sites is 1. The fourth-order valence-electron chi connectivity index (χ4n) is 2.15. The Morgan fingerprint density at radius 1 is 1.00 bits per heavy atom. The molecule has 0 aliphatic rings. The van der Waals surface area contributed by atoms with E-state index < -0.39 is 4.92 Å². The molecule has 2 aromatic carbocycles. The zero-order valence-corrected chi connectivity index (χ0v) is 13.2. The van der Waals surface area contributed by atoms with Gasteiger partial charge in [-0.1, -0.05) is 12.1 Å². The number of hydrogen-bond donors (Lipinski definition) is 1. The van der Waals surface area contributed by atoms with Crippen LogP contribution < -0.4 is 15.2 Å². The van der Waals surface area contributed by atoms with Gasteiger partial charge in [0.25, 0.3) is 5.69 Å². The molecule has 0 radical (unpaired) electrons. The minimum Gasteiger partial charge on any atom is -0.489 e. The van der Waals surface area contributed by atoms with Gasteiger partial charge in [-0.2, -0.15) is 0 Å². The number of nitrogens with zero attached hydrogens (tertiary/aromatic N) is 2. The largest absolute Gasteiger partial charge is 0.489 e. The van der Waals surface area contributed by atoms with E-state index >= 15 is 0 Å². The van der Waals surface area contributed by atoms with Crippen molar-refractivity contribution in [3.05, 3.63) is 82.5 Å². The average molecular weight is 337 g/mol. The Hall–Kier alpha value is -3.61. The predicted molar refractivity (Wildman–Crippen MR) is 92.6 cm³/mol. The first-order valence-corrected chi connectivity index (χ1v) is 7.46. The lowest BCUT2D eigenvalue weighted by molar-refractivity contribution is -0.385. The number of ether oxygens (including phenoxy) is 2. The third kappa shape index (κ3) is 4.23. The first-order chi connectivity index (χ1) is 12.1. The second kappa shape index (κ2) is 7.31. The highest BCUT2D eigenvalue weighted by Gasteiger charge is 2.12. The maximum atomic E-state index is 11.0. The van der Waals surface area contributed by atoms with Crippen LogP contribution in [0.15, 0.2) is 66.9 Å². The van der Waals surface area contributed by atoms with Gasteiger partial charge in [-0.05, 0) is 36.4 Å². The van der Waals surface area contributed by atoms with Crippen LogP contribution in [0.3, 0.4) is 0 Å². The number of hydrogen-bond acceptors (Lipinski definition) is 6. The lowest BCUT2D eigenvalue weighted by atomic mass is 10.2. The summed E-state index contributed by atoms with van der Waals surface area (Å²) < 4.78 is 11.2. The first-order valence-electron chi connectivity index (χ1n) is 7.46. The highest BCUT2D eigenvalue weighted by atomic mass is 16.6. The topological polar surface area (TPSA) is 101 Å². The Morgan fingerprint density at radius 2 is 1.72 bits per heavy atom. The van der Waals surface area contributed by atoms with E-state index in [0.717, 1.165) is 0 Å². The molecule has 25 heavy (non-hydrogen) atoms. The van der Waals surface area contributed by atoms with Crippen molar-refractivity contribution < 1.29 is 14.4 Å². The molecule has 0 fully saturated rings. The van der Waals surface area contributed by atoms with E-state index in [4.69, 9.17) is 15.2 Å². The Kier molecular flexibility index (Phi) is 4.75. The first kappa shape index (κ1) is 16.3. The number of nitro groups is 1. The zero-order valence-electron chi connectivity index (χ0n) is 13.2. The van der Waals surface area contributed by atoms with Gasteiger partial charge in [0.2, 0.25) is 5.88 Å². The van der Waals surface area contributed by atoms with Crippen LogP contribution in [-0.4, -0.2) is 9.91 Å². The minimum absolute atomic E-state index is 0.0388. The maximum Gasteiger partial charge on any atom is 0.276 e. The number of rotatable bonds is 6. The van der Waals surface area contributed by atoms with Gasteiger partial charge in [0.15, 0.2) is 0 Å². The fraction of sp³-hybridized carbons (Fsp3) is 0.0556. The minimum atomic E-state index is -0.421. The zero-order chi connectivity index (χ0) is 17.6. The van der Waals surface area contributed by atoms with Crippen LogP contribution in [0.25, 0.3) is 0 Å². The quantitative estimate of drug-likeness (QED) is 0.540. The fourth-order valence-corrected chi connectivity index (χ4v) is 2.15. The summed E-state index contributed by atoms with van der Waals surface area (Å²) in [5.74, 6) is 1.61. The Labute approximate surface area is 143 Å². The molecule has 0 saturated carbocycles. The summed E-state index contributed by atoms with van der Waals surface area (Å²) in [4.78, 5) is 14.6. The predicted octanol–water partition coefficient (Wildman–Crippen LogP) is 3.94.